The van der Waals surface area contributed by atoms with Gasteiger partial charge in [-0.25, -0.2) is 0 Å². The molecule has 0 aromatic heterocycles. The van der Waals surface area contributed by atoms with Gasteiger partial charge in [-0.3, -0.25) is 0 Å². The molecule has 1 N–H and O–H groups in total. The molecule has 0 radical (unpaired) electrons. The van der Waals surface area contributed by atoms with Crippen LogP contribution in [0.1, 0.15) is 32.3 Å². The van der Waals surface area contributed by atoms with Crippen molar-refractivity contribution in [3.8, 4) is 0 Å². The van der Waals surface area contributed by atoms with E-state index in [1.165, 1.54) is 24.8 Å². The van der Waals surface area contributed by atoms with Crippen LogP contribution in [-0.4, -0.2) is 13.6 Å². The van der Waals surface area contributed by atoms with E-state index < -0.39 is 0 Å². The summed E-state index contributed by atoms with van der Waals surface area (Å²) in [6.45, 7) is 5.74. The molecular weight excluding hydrogens is 274 g/mol. The third-order valence-corrected chi connectivity index (χ3v) is 3.89. The largest absolute Gasteiger partial charge is 0.319 e. The first-order chi connectivity index (χ1) is 8.15. The lowest BCUT2D eigenvalue weighted by atomic mass is 9.89. The van der Waals surface area contributed by atoms with Crippen LogP contribution in [0.5, 0.6) is 0 Å². The van der Waals surface area contributed by atoms with Crippen molar-refractivity contribution in [3.63, 3.8) is 0 Å². The number of halogens is 1. The van der Waals surface area contributed by atoms with Crippen LogP contribution in [0, 0.1) is 11.8 Å². The highest BCUT2D eigenvalue weighted by Crippen LogP contribution is 2.20. The summed E-state index contributed by atoms with van der Waals surface area (Å²) in [6, 6.07) is 8.72. The number of hydrogen-bond acceptors (Lipinski definition) is 1. The van der Waals surface area contributed by atoms with Crippen LogP contribution < -0.4 is 5.32 Å². The molecule has 0 saturated carbocycles. The maximum atomic E-state index is 3.48. The van der Waals surface area contributed by atoms with Gasteiger partial charge >= 0.3 is 0 Å². The molecule has 0 amide bonds. The zero-order valence-electron chi connectivity index (χ0n) is 11.2. The van der Waals surface area contributed by atoms with Crippen molar-refractivity contribution < 1.29 is 0 Å². The first-order valence-electron chi connectivity index (χ1n) is 6.54. The van der Waals surface area contributed by atoms with E-state index >= 15 is 0 Å². The van der Waals surface area contributed by atoms with Crippen molar-refractivity contribution in [2.45, 2.75) is 33.1 Å². The Hall–Kier alpha value is -0.340. The summed E-state index contributed by atoms with van der Waals surface area (Å²) in [5.41, 5.74) is 1.44. The Morgan fingerprint density at radius 2 is 1.88 bits per heavy atom. The molecule has 96 valence electrons. The highest BCUT2D eigenvalue weighted by molar-refractivity contribution is 9.10. The second kappa shape index (κ2) is 7.88. The topological polar surface area (TPSA) is 12.0 Å². The average molecular weight is 298 g/mol. The molecule has 1 nitrogen and oxygen atoms in total. The number of benzene rings is 1. The molecule has 1 rings (SSSR count). The molecule has 0 aliphatic heterocycles. The van der Waals surface area contributed by atoms with Crippen LogP contribution in [0.25, 0.3) is 0 Å². The van der Waals surface area contributed by atoms with Crippen molar-refractivity contribution in [2.24, 2.45) is 11.8 Å². The molecule has 0 aliphatic rings. The molecule has 0 heterocycles. The number of hydrogen-bond donors (Lipinski definition) is 1. The van der Waals surface area contributed by atoms with Gasteiger partial charge in [0.05, 0.1) is 0 Å². The van der Waals surface area contributed by atoms with Gasteiger partial charge in [0.15, 0.2) is 0 Å². The monoisotopic (exact) mass is 297 g/mol. The molecule has 0 saturated heterocycles. The quantitative estimate of drug-likeness (QED) is 0.793. The molecule has 0 fully saturated rings. The molecule has 0 spiro atoms. The first kappa shape index (κ1) is 14.7. The molecule has 1 aromatic carbocycles. The summed E-state index contributed by atoms with van der Waals surface area (Å²) in [5, 5.41) is 3.32. The lowest BCUT2D eigenvalue weighted by Crippen LogP contribution is -2.22. The number of nitrogens with one attached hydrogen (secondary N) is 1. The Labute approximate surface area is 114 Å². The predicted octanol–water partition coefficient (Wildman–Crippen LogP) is 4.26. The minimum Gasteiger partial charge on any atom is -0.319 e. The van der Waals surface area contributed by atoms with Crippen LogP contribution in [-0.2, 0) is 6.42 Å². The minimum absolute atomic E-state index is 0.746. The van der Waals surface area contributed by atoms with E-state index in [4.69, 9.17) is 0 Å². The highest BCUT2D eigenvalue weighted by Gasteiger charge is 2.12. The van der Waals surface area contributed by atoms with Crippen molar-refractivity contribution in [1.82, 2.24) is 5.32 Å². The van der Waals surface area contributed by atoms with Crippen molar-refractivity contribution in [2.75, 3.05) is 13.6 Å². The first-order valence-corrected chi connectivity index (χ1v) is 7.34. The third-order valence-electron chi connectivity index (χ3n) is 3.36. The summed E-state index contributed by atoms with van der Waals surface area (Å²) in [6.07, 6.45) is 3.77. The third kappa shape index (κ3) is 5.69. The minimum atomic E-state index is 0.746. The van der Waals surface area contributed by atoms with E-state index in [0.717, 1.165) is 22.9 Å². The van der Waals surface area contributed by atoms with E-state index in [2.05, 4.69) is 59.4 Å². The SMILES string of the molecule is CCC(C)CC(CNC)Cc1ccc(Br)cc1. The van der Waals surface area contributed by atoms with Gasteiger partial charge in [0.1, 0.15) is 0 Å². The summed E-state index contributed by atoms with van der Waals surface area (Å²) in [7, 11) is 2.05. The van der Waals surface area contributed by atoms with E-state index in [1.807, 2.05) is 7.05 Å². The van der Waals surface area contributed by atoms with Gasteiger partial charge in [0.2, 0.25) is 0 Å². The number of rotatable bonds is 7. The Bertz CT molecular complexity index is 307. The Morgan fingerprint density at radius 1 is 1.24 bits per heavy atom. The Morgan fingerprint density at radius 3 is 2.41 bits per heavy atom. The summed E-state index contributed by atoms with van der Waals surface area (Å²) in [5.74, 6) is 1.57. The fourth-order valence-corrected chi connectivity index (χ4v) is 2.48. The van der Waals surface area contributed by atoms with Crippen LogP contribution >= 0.6 is 15.9 Å². The van der Waals surface area contributed by atoms with Gasteiger partial charge in [0.25, 0.3) is 0 Å². The van der Waals surface area contributed by atoms with Crippen molar-refractivity contribution >= 4 is 15.9 Å². The van der Waals surface area contributed by atoms with Crippen LogP contribution in [0.4, 0.5) is 0 Å². The van der Waals surface area contributed by atoms with Crippen molar-refractivity contribution in [1.29, 1.82) is 0 Å². The summed E-state index contributed by atoms with van der Waals surface area (Å²) >= 11 is 3.48. The van der Waals surface area contributed by atoms with Crippen molar-refractivity contribution in [3.05, 3.63) is 34.3 Å². The van der Waals surface area contributed by atoms with E-state index in [-0.39, 0.29) is 0 Å². The van der Waals surface area contributed by atoms with Gasteiger partial charge in [-0.2, -0.15) is 0 Å². The Kier molecular flexibility index (Phi) is 6.83. The van der Waals surface area contributed by atoms with Gasteiger partial charge < -0.3 is 5.32 Å². The second-order valence-electron chi connectivity index (χ2n) is 5.00. The summed E-state index contributed by atoms with van der Waals surface area (Å²) in [4.78, 5) is 0. The van der Waals surface area contributed by atoms with Gasteiger partial charge in [0, 0.05) is 4.47 Å². The lowest BCUT2D eigenvalue weighted by molar-refractivity contribution is 0.371. The fourth-order valence-electron chi connectivity index (χ4n) is 2.22. The molecule has 2 heteroatoms. The van der Waals surface area contributed by atoms with E-state index in [1.54, 1.807) is 0 Å². The predicted molar refractivity (Wildman–Crippen MR) is 79.3 cm³/mol. The maximum Gasteiger partial charge on any atom is 0.0175 e. The zero-order valence-corrected chi connectivity index (χ0v) is 12.8. The Balaban J connectivity index is 2.56. The molecule has 2 atom stereocenters. The molecule has 17 heavy (non-hydrogen) atoms. The zero-order chi connectivity index (χ0) is 12.7. The summed E-state index contributed by atoms with van der Waals surface area (Å²) < 4.78 is 1.16. The smallest absolute Gasteiger partial charge is 0.0175 e. The van der Waals surface area contributed by atoms with Gasteiger partial charge in [-0.1, -0.05) is 48.3 Å². The van der Waals surface area contributed by atoms with Gasteiger partial charge in [-0.15, -0.1) is 0 Å². The molecule has 2 unspecified atom stereocenters. The molecule has 0 aliphatic carbocycles. The normalized spacial score (nSPS) is 14.6. The van der Waals surface area contributed by atoms with Gasteiger partial charge in [-0.05, 0) is 56.0 Å². The maximum absolute atomic E-state index is 3.48. The lowest BCUT2D eigenvalue weighted by Gasteiger charge is -2.20. The average Bonchev–Trinajstić information content (AvgIpc) is 2.32. The van der Waals surface area contributed by atoms with Crippen LogP contribution in [0.2, 0.25) is 0 Å². The molecule has 1 aromatic rings. The fraction of sp³-hybridized carbons (Fsp3) is 0.600. The molecule has 0 bridgehead atoms. The van der Waals surface area contributed by atoms with Crippen LogP contribution in [0.3, 0.4) is 0 Å². The standard InChI is InChI=1S/C15H24BrN/c1-4-12(2)9-14(11-17-3)10-13-5-7-15(16)8-6-13/h5-8,12,14,17H,4,9-11H2,1-3H3. The van der Waals surface area contributed by atoms with Crippen LogP contribution in [0.15, 0.2) is 28.7 Å². The highest BCUT2D eigenvalue weighted by atomic mass is 79.9. The van der Waals surface area contributed by atoms with E-state index in [9.17, 15) is 0 Å². The second-order valence-corrected chi connectivity index (χ2v) is 5.92. The molecular formula is C15H24BrN. The van der Waals surface area contributed by atoms with E-state index in [0.29, 0.717) is 0 Å².